The largest absolute Gasteiger partial charge is 0.508 e. The molecule has 0 aliphatic carbocycles. The van der Waals surface area contributed by atoms with Crippen molar-refractivity contribution in [1.29, 1.82) is 0 Å². The maximum atomic E-state index is 13.1. The van der Waals surface area contributed by atoms with Crippen LogP contribution < -0.4 is 5.32 Å². The monoisotopic (exact) mass is 383 g/mol. The van der Waals surface area contributed by atoms with Gasteiger partial charge in [-0.1, -0.05) is 6.07 Å². The molecule has 1 aromatic carbocycles. The second-order valence-corrected chi connectivity index (χ2v) is 7.49. The molecule has 28 heavy (non-hydrogen) atoms. The predicted molar refractivity (Wildman–Crippen MR) is 103 cm³/mol. The Labute approximate surface area is 163 Å². The number of phenols is 1. The molecule has 148 valence electrons. The van der Waals surface area contributed by atoms with Gasteiger partial charge in [0.15, 0.2) is 0 Å². The number of nitrogens with one attached hydrogen (secondary N) is 1. The second-order valence-electron chi connectivity index (χ2n) is 7.49. The Morgan fingerprint density at radius 1 is 1.14 bits per heavy atom. The third kappa shape index (κ3) is 3.60. The van der Waals surface area contributed by atoms with Crippen LogP contribution in [-0.2, 0) is 11.8 Å². The first kappa shape index (κ1) is 18.5. The Morgan fingerprint density at radius 2 is 1.89 bits per heavy atom. The molecule has 1 aromatic heterocycles. The highest BCUT2D eigenvalue weighted by Crippen LogP contribution is 2.29. The fourth-order valence-electron chi connectivity index (χ4n) is 4.11. The Hall–Kier alpha value is -2.87. The van der Waals surface area contributed by atoms with Gasteiger partial charge in [-0.3, -0.25) is 14.3 Å². The van der Waals surface area contributed by atoms with E-state index < -0.39 is 0 Å². The van der Waals surface area contributed by atoms with Crippen LogP contribution in [0.3, 0.4) is 0 Å². The van der Waals surface area contributed by atoms with Crippen molar-refractivity contribution in [3.05, 3.63) is 47.8 Å². The van der Waals surface area contributed by atoms with Crippen molar-refractivity contribution >= 4 is 11.8 Å². The molecule has 0 saturated carbocycles. The summed E-state index contributed by atoms with van der Waals surface area (Å²) in [4.78, 5) is 29.3. The molecule has 2 aromatic rings. The van der Waals surface area contributed by atoms with Crippen LogP contribution in [-0.4, -0.2) is 75.8 Å². The summed E-state index contributed by atoms with van der Waals surface area (Å²) in [6.45, 7) is 3.49. The molecular weight excluding hydrogens is 358 g/mol. The van der Waals surface area contributed by atoms with E-state index >= 15 is 0 Å². The summed E-state index contributed by atoms with van der Waals surface area (Å²) in [5.41, 5.74) is 1.56. The van der Waals surface area contributed by atoms with Crippen LogP contribution in [0, 0.1) is 5.92 Å². The fraction of sp³-hybridized carbons (Fsp3) is 0.450. The number of benzene rings is 1. The fourth-order valence-corrected chi connectivity index (χ4v) is 4.11. The highest BCUT2D eigenvalue weighted by molar-refractivity contribution is 5.94. The number of aromatic nitrogens is 2. The minimum Gasteiger partial charge on any atom is -0.508 e. The van der Waals surface area contributed by atoms with Crippen LogP contribution in [0.5, 0.6) is 5.75 Å². The van der Waals surface area contributed by atoms with E-state index in [9.17, 15) is 14.7 Å². The quantitative estimate of drug-likeness (QED) is 0.801. The lowest BCUT2D eigenvalue weighted by molar-refractivity contribution is -0.136. The zero-order chi connectivity index (χ0) is 19.7. The predicted octanol–water partition coefficient (Wildman–Crippen LogP) is 0.413. The number of rotatable bonds is 3. The lowest BCUT2D eigenvalue weighted by Crippen LogP contribution is -2.52. The second kappa shape index (κ2) is 7.63. The molecule has 2 saturated heterocycles. The first-order valence-electron chi connectivity index (χ1n) is 9.59. The number of nitrogens with zero attached hydrogens (tertiary/aromatic N) is 4. The SMILES string of the molecule is Cn1cc([C@H]2CNC[C@@H]2C(=O)N2CCN(C(=O)c3cccc(O)c3)CC2)cn1. The van der Waals surface area contributed by atoms with Crippen molar-refractivity contribution in [3.63, 3.8) is 0 Å². The molecule has 0 radical (unpaired) electrons. The van der Waals surface area contributed by atoms with Gasteiger partial charge < -0.3 is 20.2 Å². The maximum Gasteiger partial charge on any atom is 0.254 e. The van der Waals surface area contributed by atoms with Gasteiger partial charge in [0.1, 0.15) is 5.75 Å². The van der Waals surface area contributed by atoms with Crippen LogP contribution in [0.2, 0.25) is 0 Å². The Kier molecular flexibility index (Phi) is 5.04. The molecule has 8 heteroatoms. The van der Waals surface area contributed by atoms with Gasteiger partial charge in [0.05, 0.1) is 12.1 Å². The van der Waals surface area contributed by atoms with Gasteiger partial charge in [-0.2, -0.15) is 5.10 Å². The van der Waals surface area contributed by atoms with Gasteiger partial charge in [0.2, 0.25) is 5.91 Å². The van der Waals surface area contributed by atoms with Crippen LogP contribution >= 0.6 is 0 Å². The van der Waals surface area contributed by atoms with Gasteiger partial charge in [0.25, 0.3) is 5.91 Å². The Bertz CT molecular complexity index is 872. The molecule has 0 spiro atoms. The number of piperazine rings is 1. The van der Waals surface area contributed by atoms with E-state index in [2.05, 4.69) is 10.4 Å². The lowest BCUT2D eigenvalue weighted by atomic mass is 9.89. The average molecular weight is 383 g/mol. The van der Waals surface area contributed by atoms with Crippen molar-refractivity contribution in [1.82, 2.24) is 24.9 Å². The number of phenolic OH excluding ortho intramolecular Hbond substituents is 1. The first-order chi connectivity index (χ1) is 13.5. The van der Waals surface area contributed by atoms with Gasteiger partial charge in [-0.25, -0.2) is 0 Å². The van der Waals surface area contributed by atoms with Crippen LogP contribution in [0.4, 0.5) is 0 Å². The summed E-state index contributed by atoms with van der Waals surface area (Å²) < 4.78 is 1.76. The minimum atomic E-state index is -0.112. The Morgan fingerprint density at radius 3 is 2.57 bits per heavy atom. The Balaban J connectivity index is 1.38. The van der Waals surface area contributed by atoms with Crippen molar-refractivity contribution in [3.8, 4) is 5.75 Å². The van der Waals surface area contributed by atoms with Crippen molar-refractivity contribution < 1.29 is 14.7 Å². The minimum absolute atomic E-state index is 0.0786. The van der Waals surface area contributed by atoms with E-state index in [0.29, 0.717) is 38.3 Å². The van der Waals surface area contributed by atoms with Crippen molar-refractivity contribution in [2.24, 2.45) is 13.0 Å². The zero-order valence-corrected chi connectivity index (χ0v) is 15.9. The summed E-state index contributed by atoms with van der Waals surface area (Å²) in [5, 5.41) is 17.1. The number of aromatic hydroxyl groups is 1. The highest BCUT2D eigenvalue weighted by atomic mass is 16.3. The summed E-state index contributed by atoms with van der Waals surface area (Å²) in [5.74, 6) is 0.141. The standard InChI is InChI=1S/C20H25N5O3/c1-23-13-15(10-22-23)17-11-21-12-18(17)20(28)25-7-5-24(6-8-25)19(27)14-3-2-4-16(26)9-14/h2-4,9-10,13,17-18,21,26H,5-8,11-12H2,1H3/t17-,18+/m1/s1. The van der Waals surface area contributed by atoms with Gasteiger partial charge in [-0.05, 0) is 23.8 Å². The third-order valence-electron chi connectivity index (χ3n) is 5.66. The van der Waals surface area contributed by atoms with E-state index in [1.54, 1.807) is 27.8 Å². The van der Waals surface area contributed by atoms with E-state index in [0.717, 1.165) is 12.1 Å². The first-order valence-corrected chi connectivity index (χ1v) is 9.59. The number of aryl methyl sites for hydroxylation is 1. The molecule has 3 heterocycles. The van der Waals surface area contributed by atoms with E-state index in [1.807, 2.05) is 24.3 Å². The van der Waals surface area contributed by atoms with Crippen molar-refractivity contribution in [2.75, 3.05) is 39.3 Å². The van der Waals surface area contributed by atoms with Crippen LogP contribution in [0.15, 0.2) is 36.7 Å². The van der Waals surface area contributed by atoms with Gasteiger partial charge in [-0.15, -0.1) is 0 Å². The van der Waals surface area contributed by atoms with E-state index in [4.69, 9.17) is 0 Å². The molecule has 8 nitrogen and oxygen atoms in total. The number of carbonyl (C=O) groups is 2. The zero-order valence-electron chi connectivity index (χ0n) is 15.9. The normalized spacial score (nSPS) is 22.5. The molecule has 0 unspecified atom stereocenters. The number of carbonyl (C=O) groups excluding carboxylic acids is 2. The van der Waals surface area contributed by atoms with Gasteiger partial charge in [0, 0.05) is 64.0 Å². The number of hydrogen-bond donors (Lipinski definition) is 2. The average Bonchev–Trinajstić information content (AvgIpc) is 3.36. The molecule has 2 fully saturated rings. The molecular formula is C20H25N5O3. The molecule has 2 amide bonds. The van der Waals surface area contributed by atoms with Crippen LogP contribution in [0.1, 0.15) is 21.8 Å². The number of hydrogen-bond acceptors (Lipinski definition) is 5. The molecule has 0 bridgehead atoms. The summed E-state index contributed by atoms with van der Waals surface area (Å²) >= 11 is 0. The van der Waals surface area contributed by atoms with Crippen LogP contribution in [0.25, 0.3) is 0 Å². The highest BCUT2D eigenvalue weighted by Gasteiger charge is 2.38. The summed E-state index contributed by atoms with van der Waals surface area (Å²) in [7, 11) is 1.88. The smallest absolute Gasteiger partial charge is 0.254 e. The molecule has 2 aliphatic heterocycles. The van der Waals surface area contributed by atoms with E-state index in [1.165, 1.54) is 6.07 Å². The molecule has 2 aliphatic rings. The van der Waals surface area contributed by atoms with E-state index in [-0.39, 0.29) is 29.4 Å². The summed E-state index contributed by atoms with van der Waals surface area (Å²) in [6.07, 6.45) is 3.81. The summed E-state index contributed by atoms with van der Waals surface area (Å²) in [6, 6.07) is 6.38. The maximum absolute atomic E-state index is 13.1. The molecule has 4 rings (SSSR count). The molecule has 2 atom stereocenters. The number of amides is 2. The molecule has 2 N–H and O–H groups in total. The van der Waals surface area contributed by atoms with Crippen molar-refractivity contribution in [2.45, 2.75) is 5.92 Å². The van der Waals surface area contributed by atoms with Gasteiger partial charge >= 0.3 is 0 Å². The lowest BCUT2D eigenvalue weighted by Gasteiger charge is -2.36. The topological polar surface area (TPSA) is 90.7 Å². The third-order valence-corrected chi connectivity index (χ3v) is 5.66.